The van der Waals surface area contributed by atoms with Gasteiger partial charge in [-0.05, 0) is 12.1 Å². The molecule has 15 heavy (non-hydrogen) atoms. The number of rotatable bonds is 0. The summed E-state index contributed by atoms with van der Waals surface area (Å²) in [7, 11) is 0. The first-order chi connectivity index (χ1) is 6.98. The largest absolute Gasteiger partial charge is 0.313 e. The van der Waals surface area contributed by atoms with Gasteiger partial charge in [0.15, 0.2) is 0 Å². The number of hydrogen-bond acceptors (Lipinski definition) is 2. The molecule has 6 heteroatoms. The van der Waals surface area contributed by atoms with Gasteiger partial charge in [0.1, 0.15) is 0 Å². The summed E-state index contributed by atoms with van der Waals surface area (Å²) in [4.78, 5) is 17.8. The number of aromatic amines is 1. The number of nitrogens with one attached hydrogen (secondary N) is 1. The molecule has 0 aliphatic heterocycles. The first kappa shape index (κ1) is 10.7. The van der Waals surface area contributed by atoms with E-state index in [9.17, 15) is 4.79 Å². The number of alkyl halides is 3. The molecule has 0 aliphatic carbocycles. The van der Waals surface area contributed by atoms with E-state index >= 15 is 0 Å². The normalized spacial score (nSPS) is 11.9. The van der Waals surface area contributed by atoms with Crippen LogP contribution >= 0.6 is 34.8 Å². The molecular formula is C9H5Cl3N2O. The molecule has 0 saturated carbocycles. The van der Waals surface area contributed by atoms with Crippen LogP contribution in [0, 0.1) is 0 Å². The van der Waals surface area contributed by atoms with E-state index in [1.54, 1.807) is 18.2 Å². The molecule has 0 atom stereocenters. The number of aromatic nitrogens is 2. The Balaban J connectivity index is 2.73. The maximum atomic E-state index is 11.3. The fraction of sp³-hybridized carbons (Fsp3) is 0.111. The summed E-state index contributed by atoms with van der Waals surface area (Å²) in [6, 6.07) is 4.75. The lowest BCUT2D eigenvalue weighted by molar-refractivity contribution is 1.16. The van der Waals surface area contributed by atoms with Crippen molar-refractivity contribution in [1.82, 2.24) is 9.97 Å². The van der Waals surface area contributed by atoms with Crippen molar-refractivity contribution >= 4 is 45.7 Å². The van der Waals surface area contributed by atoms with Crippen LogP contribution < -0.4 is 5.56 Å². The van der Waals surface area contributed by atoms with E-state index in [2.05, 4.69) is 9.97 Å². The second-order valence-corrected chi connectivity index (χ2v) is 5.24. The Labute approximate surface area is 100.0 Å². The predicted octanol–water partition coefficient (Wildman–Crippen LogP) is 2.75. The summed E-state index contributed by atoms with van der Waals surface area (Å²) < 4.78 is -1.50. The third-order valence-electron chi connectivity index (χ3n) is 1.97. The molecule has 0 aliphatic rings. The van der Waals surface area contributed by atoms with Crippen LogP contribution in [0.1, 0.15) is 5.56 Å². The quantitative estimate of drug-likeness (QED) is 0.743. The van der Waals surface area contributed by atoms with Gasteiger partial charge in [0.05, 0.1) is 17.2 Å². The zero-order chi connectivity index (χ0) is 11.1. The minimum absolute atomic E-state index is 0.212. The van der Waals surface area contributed by atoms with Gasteiger partial charge in [-0.15, -0.1) is 0 Å². The minimum Gasteiger partial charge on any atom is -0.313 e. The van der Waals surface area contributed by atoms with Gasteiger partial charge in [-0.25, -0.2) is 4.98 Å². The number of fused-ring (bicyclic) bond motifs is 1. The van der Waals surface area contributed by atoms with Gasteiger partial charge in [0.25, 0.3) is 5.56 Å². The fourth-order valence-electron chi connectivity index (χ4n) is 1.24. The molecule has 0 unspecified atom stereocenters. The standard InChI is InChI=1S/C9H5Cl3N2O/c10-9(11,12)5-1-2-6-7(3-5)13-4-14-8(6)15/h1-4H,(H,13,14,15). The molecule has 2 rings (SSSR count). The Morgan fingerprint density at radius 2 is 2.00 bits per heavy atom. The van der Waals surface area contributed by atoms with Crippen LogP contribution in [0.15, 0.2) is 29.3 Å². The Morgan fingerprint density at radius 3 is 2.67 bits per heavy atom. The summed E-state index contributed by atoms with van der Waals surface area (Å²) in [5.74, 6) is 0. The smallest absolute Gasteiger partial charge is 0.258 e. The summed E-state index contributed by atoms with van der Waals surface area (Å²) in [6.07, 6.45) is 1.31. The third-order valence-corrected chi connectivity index (χ3v) is 2.62. The third kappa shape index (κ3) is 2.09. The molecule has 1 aromatic carbocycles. The maximum Gasteiger partial charge on any atom is 0.258 e. The molecular weight excluding hydrogens is 258 g/mol. The zero-order valence-corrected chi connectivity index (χ0v) is 9.57. The van der Waals surface area contributed by atoms with Crippen LogP contribution in [-0.4, -0.2) is 9.97 Å². The van der Waals surface area contributed by atoms with Gasteiger partial charge in [0, 0.05) is 5.56 Å². The van der Waals surface area contributed by atoms with Gasteiger partial charge < -0.3 is 4.98 Å². The zero-order valence-electron chi connectivity index (χ0n) is 7.30. The van der Waals surface area contributed by atoms with Crippen molar-refractivity contribution in [3.63, 3.8) is 0 Å². The van der Waals surface area contributed by atoms with Crippen molar-refractivity contribution in [3.05, 3.63) is 40.4 Å². The van der Waals surface area contributed by atoms with Crippen LogP contribution in [0.5, 0.6) is 0 Å². The van der Waals surface area contributed by atoms with E-state index in [4.69, 9.17) is 34.8 Å². The van der Waals surface area contributed by atoms with Gasteiger partial charge >= 0.3 is 0 Å². The van der Waals surface area contributed by atoms with Crippen molar-refractivity contribution in [2.75, 3.05) is 0 Å². The molecule has 0 fully saturated rings. The molecule has 2 aromatic rings. The highest BCUT2D eigenvalue weighted by molar-refractivity contribution is 6.66. The second-order valence-electron chi connectivity index (χ2n) is 2.96. The van der Waals surface area contributed by atoms with E-state index in [-0.39, 0.29) is 5.56 Å². The Morgan fingerprint density at radius 1 is 1.27 bits per heavy atom. The van der Waals surface area contributed by atoms with Gasteiger partial charge in [0.2, 0.25) is 3.79 Å². The van der Waals surface area contributed by atoms with Crippen molar-refractivity contribution in [3.8, 4) is 0 Å². The molecule has 0 radical (unpaired) electrons. The number of nitrogens with zero attached hydrogens (tertiary/aromatic N) is 1. The Kier molecular flexibility index (Phi) is 2.63. The first-order valence-electron chi connectivity index (χ1n) is 4.03. The van der Waals surface area contributed by atoms with Gasteiger partial charge in [-0.1, -0.05) is 40.9 Å². The average Bonchev–Trinajstić information content (AvgIpc) is 2.16. The van der Waals surface area contributed by atoms with Crippen molar-refractivity contribution < 1.29 is 0 Å². The van der Waals surface area contributed by atoms with Crippen LogP contribution in [0.2, 0.25) is 0 Å². The molecule has 0 saturated heterocycles. The van der Waals surface area contributed by atoms with Gasteiger partial charge in [-0.3, -0.25) is 4.79 Å². The number of halogens is 3. The van der Waals surface area contributed by atoms with E-state index in [0.717, 1.165) is 0 Å². The monoisotopic (exact) mass is 262 g/mol. The summed E-state index contributed by atoms with van der Waals surface area (Å²) >= 11 is 17.1. The number of H-pyrrole nitrogens is 1. The molecule has 3 nitrogen and oxygen atoms in total. The molecule has 0 amide bonds. The van der Waals surface area contributed by atoms with E-state index in [1.807, 2.05) is 0 Å². The topological polar surface area (TPSA) is 45.8 Å². The molecule has 0 bridgehead atoms. The SMILES string of the molecule is O=c1[nH]cnc2cc(C(Cl)(Cl)Cl)ccc12. The highest BCUT2D eigenvalue weighted by atomic mass is 35.6. The Bertz CT molecular complexity index is 559. The van der Waals surface area contributed by atoms with E-state index in [0.29, 0.717) is 16.5 Å². The van der Waals surface area contributed by atoms with Crippen molar-refractivity contribution in [2.45, 2.75) is 3.79 Å². The predicted molar refractivity (Wildman–Crippen MR) is 61.6 cm³/mol. The summed E-state index contributed by atoms with van der Waals surface area (Å²) in [6.45, 7) is 0. The minimum atomic E-state index is -1.50. The second kappa shape index (κ2) is 3.67. The molecule has 1 N–H and O–H groups in total. The fourth-order valence-corrected chi connectivity index (χ4v) is 1.60. The lowest BCUT2D eigenvalue weighted by Crippen LogP contribution is -2.07. The Hall–Kier alpha value is -0.770. The van der Waals surface area contributed by atoms with Crippen LogP contribution in [0.25, 0.3) is 10.9 Å². The molecule has 1 heterocycles. The average molecular weight is 264 g/mol. The lowest BCUT2D eigenvalue weighted by atomic mass is 10.2. The van der Waals surface area contributed by atoms with Crippen LogP contribution in [-0.2, 0) is 3.79 Å². The van der Waals surface area contributed by atoms with E-state index < -0.39 is 3.79 Å². The highest BCUT2D eigenvalue weighted by Gasteiger charge is 2.23. The first-order valence-corrected chi connectivity index (χ1v) is 5.16. The lowest BCUT2D eigenvalue weighted by Gasteiger charge is -2.10. The van der Waals surface area contributed by atoms with Gasteiger partial charge in [-0.2, -0.15) is 0 Å². The van der Waals surface area contributed by atoms with Crippen LogP contribution in [0.3, 0.4) is 0 Å². The summed E-state index contributed by atoms with van der Waals surface area (Å²) in [5.41, 5.74) is 0.775. The van der Waals surface area contributed by atoms with Crippen molar-refractivity contribution in [2.24, 2.45) is 0 Å². The summed E-state index contributed by atoms with van der Waals surface area (Å²) in [5, 5.41) is 0.468. The number of benzene rings is 1. The van der Waals surface area contributed by atoms with Crippen molar-refractivity contribution in [1.29, 1.82) is 0 Å². The maximum absolute atomic E-state index is 11.3. The molecule has 78 valence electrons. The molecule has 0 spiro atoms. The molecule has 1 aromatic heterocycles. The van der Waals surface area contributed by atoms with Crippen LogP contribution in [0.4, 0.5) is 0 Å². The van der Waals surface area contributed by atoms with E-state index in [1.165, 1.54) is 6.33 Å². The number of hydrogen-bond donors (Lipinski definition) is 1. The highest BCUT2D eigenvalue weighted by Crippen LogP contribution is 2.38.